The van der Waals surface area contributed by atoms with E-state index in [4.69, 9.17) is 4.42 Å². The Morgan fingerprint density at radius 3 is 2.33 bits per heavy atom. The molecule has 0 bridgehead atoms. The van der Waals surface area contributed by atoms with Gasteiger partial charge in [-0.05, 0) is 117 Å². The minimum atomic E-state index is -0.00562. The van der Waals surface area contributed by atoms with Crippen LogP contribution < -0.4 is 4.90 Å². The summed E-state index contributed by atoms with van der Waals surface area (Å²) in [7, 11) is 0. The molecule has 0 atom stereocenters. The smallest absolute Gasteiger partial charge is 0.136 e. The van der Waals surface area contributed by atoms with E-state index in [1.807, 2.05) is 6.07 Å². The molecule has 0 saturated carbocycles. The number of rotatable bonds is 4. The number of fused-ring (bicyclic) bond motifs is 8. The minimum Gasteiger partial charge on any atom is -0.456 e. The molecule has 1 aromatic heterocycles. The standard InChI is InChI=1S/C47H35NO/c1-47(2)41-18-7-5-15-36(41)40-29-35(23-25-42(40)47)48(34-14-9-13-32(28-34)33-22-21-30-11-3-4-12-31(30)27-33)43-19-10-17-38-37(43)24-26-45-46(38)39-16-6-8-20-44(39)49-45/h3-4,6-14,16-29H,5,15H2,1-2H3. The summed E-state index contributed by atoms with van der Waals surface area (Å²) < 4.78 is 6.32. The van der Waals surface area contributed by atoms with Gasteiger partial charge in [-0.2, -0.15) is 0 Å². The molecule has 2 heteroatoms. The molecule has 0 fully saturated rings. The Kier molecular flexibility index (Phi) is 6.08. The normalized spacial score (nSPS) is 15.0. The predicted molar refractivity (Wildman–Crippen MR) is 207 cm³/mol. The lowest BCUT2D eigenvalue weighted by molar-refractivity contribution is 0.651. The number of furan rings is 1. The third-order valence-electron chi connectivity index (χ3n) is 10.9. The third kappa shape index (κ3) is 4.27. The zero-order valence-corrected chi connectivity index (χ0v) is 27.7. The van der Waals surface area contributed by atoms with Gasteiger partial charge in [-0.15, -0.1) is 0 Å². The molecule has 7 aromatic carbocycles. The number of para-hydroxylation sites is 1. The number of hydrogen-bond donors (Lipinski definition) is 0. The molecule has 2 aliphatic carbocycles. The fraction of sp³-hybridized carbons (Fsp3) is 0.106. The van der Waals surface area contributed by atoms with E-state index in [2.05, 4.69) is 164 Å². The van der Waals surface area contributed by atoms with Crippen LogP contribution in [0.5, 0.6) is 0 Å². The van der Waals surface area contributed by atoms with Crippen molar-refractivity contribution in [1.29, 1.82) is 0 Å². The monoisotopic (exact) mass is 629 g/mol. The van der Waals surface area contributed by atoms with E-state index in [0.717, 1.165) is 46.5 Å². The van der Waals surface area contributed by atoms with E-state index in [9.17, 15) is 0 Å². The van der Waals surface area contributed by atoms with Gasteiger partial charge in [0.2, 0.25) is 0 Å². The molecule has 49 heavy (non-hydrogen) atoms. The molecule has 1 heterocycles. The van der Waals surface area contributed by atoms with Gasteiger partial charge in [-0.25, -0.2) is 0 Å². The fourth-order valence-corrected chi connectivity index (χ4v) is 8.52. The van der Waals surface area contributed by atoms with Crippen LogP contribution in [0.3, 0.4) is 0 Å². The van der Waals surface area contributed by atoms with Crippen molar-refractivity contribution in [3.63, 3.8) is 0 Å². The third-order valence-corrected chi connectivity index (χ3v) is 10.9. The highest BCUT2D eigenvalue weighted by Gasteiger charge is 2.37. The van der Waals surface area contributed by atoms with Gasteiger partial charge in [-0.1, -0.05) is 111 Å². The average molecular weight is 630 g/mol. The minimum absolute atomic E-state index is 0.00562. The van der Waals surface area contributed by atoms with Crippen molar-refractivity contribution < 1.29 is 4.42 Å². The molecule has 2 nitrogen and oxygen atoms in total. The van der Waals surface area contributed by atoms with Crippen molar-refractivity contribution >= 4 is 66.1 Å². The second-order valence-corrected chi connectivity index (χ2v) is 14.0. The van der Waals surface area contributed by atoms with Gasteiger partial charge in [0, 0.05) is 32.9 Å². The highest BCUT2D eigenvalue weighted by molar-refractivity contribution is 6.21. The molecule has 0 amide bonds. The maximum absolute atomic E-state index is 6.32. The molecule has 0 aliphatic heterocycles. The molecule has 0 radical (unpaired) electrons. The quantitative estimate of drug-likeness (QED) is 0.193. The molecule has 234 valence electrons. The van der Waals surface area contributed by atoms with Crippen LogP contribution >= 0.6 is 0 Å². The van der Waals surface area contributed by atoms with Crippen LogP contribution in [0.25, 0.3) is 60.2 Å². The fourth-order valence-electron chi connectivity index (χ4n) is 8.52. The lowest BCUT2D eigenvalue weighted by Crippen LogP contribution is -2.17. The molecule has 10 rings (SSSR count). The lowest BCUT2D eigenvalue weighted by atomic mass is 9.80. The Bertz CT molecular complexity index is 2700. The molecular weight excluding hydrogens is 595 g/mol. The maximum atomic E-state index is 6.32. The number of benzene rings is 7. The van der Waals surface area contributed by atoms with Gasteiger partial charge in [0.1, 0.15) is 11.2 Å². The van der Waals surface area contributed by atoms with Crippen LogP contribution in [-0.4, -0.2) is 0 Å². The second kappa shape index (κ2) is 10.6. The van der Waals surface area contributed by atoms with Gasteiger partial charge in [-0.3, -0.25) is 0 Å². The van der Waals surface area contributed by atoms with Crippen LogP contribution in [0.2, 0.25) is 0 Å². The summed E-state index contributed by atoms with van der Waals surface area (Å²) in [6, 6.07) is 51.0. The van der Waals surface area contributed by atoms with Crippen molar-refractivity contribution in [2.45, 2.75) is 32.1 Å². The summed E-state index contributed by atoms with van der Waals surface area (Å²) in [5.41, 5.74) is 13.5. The van der Waals surface area contributed by atoms with Gasteiger partial charge in [0.15, 0.2) is 0 Å². The Hall–Kier alpha value is -5.86. The lowest BCUT2D eigenvalue weighted by Gasteiger charge is -2.29. The van der Waals surface area contributed by atoms with E-state index < -0.39 is 0 Å². The van der Waals surface area contributed by atoms with E-state index in [1.54, 1.807) is 0 Å². The van der Waals surface area contributed by atoms with Gasteiger partial charge >= 0.3 is 0 Å². The Balaban J connectivity index is 1.22. The SMILES string of the molecule is CC1(C)C2=C(CCC=C2)c2cc(N(c3cccc(-c4ccc5ccccc5c4)c3)c3cccc4c3ccc3oc5ccccc5c34)ccc21. The van der Waals surface area contributed by atoms with Crippen LogP contribution in [0.15, 0.2) is 162 Å². The summed E-state index contributed by atoms with van der Waals surface area (Å²) >= 11 is 0. The molecule has 2 aliphatic rings. The topological polar surface area (TPSA) is 16.4 Å². The summed E-state index contributed by atoms with van der Waals surface area (Å²) in [5.74, 6) is 0. The first-order valence-electron chi connectivity index (χ1n) is 17.3. The summed E-state index contributed by atoms with van der Waals surface area (Å²) in [4.78, 5) is 2.46. The maximum Gasteiger partial charge on any atom is 0.136 e. The molecule has 0 saturated heterocycles. The van der Waals surface area contributed by atoms with Crippen molar-refractivity contribution in [2.75, 3.05) is 4.90 Å². The first-order chi connectivity index (χ1) is 24.0. The molecule has 8 aromatic rings. The summed E-state index contributed by atoms with van der Waals surface area (Å²) in [6.07, 6.45) is 6.89. The van der Waals surface area contributed by atoms with Gasteiger partial charge in [0.25, 0.3) is 0 Å². The number of anilines is 3. The largest absolute Gasteiger partial charge is 0.456 e. The van der Waals surface area contributed by atoms with Crippen LogP contribution in [0.1, 0.15) is 37.8 Å². The average Bonchev–Trinajstić information content (AvgIpc) is 3.64. The first kappa shape index (κ1) is 28.2. The number of allylic oxidation sites excluding steroid dienone is 4. The number of hydrogen-bond acceptors (Lipinski definition) is 2. The molecule has 0 spiro atoms. The zero-order chi connectivity index (χ0) is 32.7. The molecule has 0 unspecified atom stereocenters. The van der Waals surface area contributed by atoms with Gasteiger partial charge in [0.05, 0.1) is 5.69 Å². The van der Waals surface area contributed by atoms with E-state index in [0.29, 0.717) is 0 Å². The van der Waals surface area contributed by atoms with Crippen molar-refractivity contribution in [2.24, 2.45) is 0 Å². The van der Waals surface area contributed by atoms with Crippen LogP contribution in [0.4, 0.5) is 17.1 Å². The first-order valence-corrected chi connectivity index (χ1v) is 17.3. The Morgan fingerprint density at radius 1 is 0.592 bits per heavy atom. The van der Waals surface area contributed by atoms with E-state index in [1.165, 1.54) is 60.3 Å². The highest BCUT2D eigenvalue weighted by atomic mass is 16.3. The van der Waals surface area contributed by atoms with Crippen molar-refractivity contribution in [3.05, 3.63) is 168 Å². The Labute approximate surface area is 286 Å². The van der Waals surface area contributed by atoms with Crippen LogP contribution in [-0.2, 0) is 5.41 Å². The second-order valence-electron chi connectivity index (χ2n) is 14.0. The van der Waals surface area contributed by atoms with Crippen LogP contribution in [0, 0.1) is 0 Å². The van der Waals surface area contributed by atoms with E-state index in [-0.39, 0.29) is 5.41 Å². The summed E-state index contributed by atoms with van der Waals surface area (Å²) in [6.45, 7) is 4.75. The highest BCUT2D eigenvalue weighted by Crippen LogP contribution is 2.52. The Morgan fingerprint density at radius 2 is 1.39 bits per heavy atom. The van der Waals surface area contributed by atoms with E-state index >= 15 is 0 Å². The van der Waals surface area contributed by atoms with Crippen molar-refractivity contribution in [1.82, 2.24) is 0 Å². The predicted octanol–water partition coefficient (Wildman–Crippen LogP) is 13.4. The molecular formula is C47H35NO. The summed E-state index contributed by atoms with van der Waals surface area (Å²) in [5, 5.41) is 7.21. The zero-order valence-electron chi connectivity index (χ0n) is 27.7. The molecule has 0 N–H and O–H groups in total. The van der Waals surface area contributed by atoms with Gasteiger partial charge < -0.3 is 9.32 Å². The van der Waals surface area contributed by atoms with Crippen molar-refractivity contribution in [3.8, 4) is 11.1 Å². The number of nitrogens with zero attached hydrogens (tertiary/aromatic N) is 1.